The van der Waals surface area contributed by atoms with E-state index in [2.05, 4.69) is 25.2 Å². The largest absolute Gasteiger partial charge is 0.355 e. The summed E-state index contributed by atoms with van der Waals surface area (Å²) in [5.74, 6) is 0.651. The molecule has 0 spiro atoms. The third-order valence-electron chi connectivity index (χ3n) is 4.24. The van der Waals surface area contributed by atoms with Gasteiger partial charge in [0.15, 0.2) is 5.16 Å². The van der Waals surface area contributed by atoms with Crippen molar-refractivity contribution < 1.29 is 13.2 Å². The first kappa shape index (κ1) is 22.0. The number of hydrogen-bond acceptors (Lipinski definition) is 6. The molecule has 0 aliphatic heterocycles. The predicted octanol–water partition coefficient (Wildman–Crippen LogP) is 2.12. The molecule has 10 heteroatoms. The van der Waals surface area contributed by atoms with E-state index in [0.29, 0.717) is 25.1 Å². The van der Waals surface area contributed by atoms with E-state index in [1.54, 1.807) is 24.3 Å². The van der Waals surface area contributed by atoms with Crippen LogP contribution in [0.15, 0.2) is 71.0 Å². The van der Waals surface area contributed by atoms with Gasteiger partial charge in [-0.15, -0.1) is 0 Å². The van der Waals surface area contributed by atoms with Crippen molar-refractivity contribution in [3.8, 4) is 0 Å². The Labute approximate surface area is 179 Å². The number of carbonyl (C=O) groups is 1. The van der Waals surface area contributed by atoms with Gasteiger partial charge in [0, 0.05) is 25.3 Å². The van der Waals surface area contributed by atoms with Crippen LogP contribution in [-0.4, -0.2) is 41.8 Å². The molecule has 0 fully saturated rings. The number of carbonyl (C=O) groups excluding carboxylic acids is 1. The van der Waals surface area contributed by atoms with Crippen LogP contribution >= 0.6 is 11.8 Å². The van der Waals surface area contributed by atoms with E-state index in [4.69, 9.17) is 0 Å². The Hall–Kier alpha value is -2.69. The first-order valence-electron chi connectivity index (χ1n) is 9.40. The van der Waals surface area contributed by atoms with Gasteiger partial charge in [0.1, 0.15) is 6.33 Å². The van der Waals surface area contributed by atoms with Crippen LogP contribution in [-0.2, 0) is 27.8 Å². The number of nitrogens with one attached hydrogen (secondary N) is 3. The van der Waals surface area contributed by atoms with Gasteiger partial charge in [-0.3, -0.25) is 9.89 Å². The minimum atomic E-state index is -3.58. The molecule has 3 N–H and O–H groups in total. The Kier molecular flexibility index (Phi) is 8.00. The summed E-state index contributed by atoms with van der Waals surface area (Å²) >= 11 is 1.48. The highest BCUT2D eigenvalue weighted by molar-refractivity contribution is 7.99. The van der Waals surface area contributed by atoms with E-state index < -0.39 is 10.0 Å². The highest BCUT2D eigenvalue weighted by Gasteiger charge is 2.13. The summed E-state index contributed by atoms with van der Waals surface area (Å²) in [6, 6.07) is 16.0. The van der Waals surface area contributed by atoms with Gasteiger partial charge in [0.05, 0.1) is 4.90 Å². The maximum absolute atomic E-state index is 12.4. The molecule has 158 valence electrons. The number of H-pyrrole nitrogens is 1. The quantitative estimate of drug-likeness (QED) is 0.307. The van der Waals surface area contributed by atoms with Crippen LogP contribution in [0.25, 0.3) is 0 Å². The molecule has 0 saturated heterocycles. The first-order chi connectivity index (χ1) is 14.5. The van der Waals surface area contributed by atoms with E-state index >= 15 is 0 Å². The fourth-order valence-corrected chi connectivity index (χ4v) is 4.30. The normalized spacial score (nSPS) is 11.3. The lowest BCUT2D eigenvalue weighted by Gasteiger charge is -2.08. The molecule has 3 aromatic rings. The van der Waals surface area contributed by atoms with Crippen LogP contribution in [0.1, 0.15) is 17.5 Å². The topological polar surface area (TPSA) is 117 Å². The van der Waals surface area contributed by atoms with Gasteiger partial charge >= 0.3 is 0 Å². The third-order valence-corrected chi connectivity index (χ3v) is 6.53. The maximum Gasteiger partial charge on any atom is 0.240 e. The van der Waals surface area contributed by atoms with Crippen molar-refractivity contribution in [2.75, 3.05) is 12.3 Å². The molecule has 0 aliphatic rings. The molecule has 30 heavy (non-hydrogen) atoms. The van der Waals surface area contributed by atoms with Crippen LogP contribution < -0.4 is 10.0 Å². The molecule has 0 saturated carbocycles. The SMILES string of the molecule is O=C(CCc1ccc(S(=O)(=O)NCc2ccccc2)cc1)NCCSc1ncn[nH]1. The zero-order valence-corrected chi connectivity index (χ0v) is 17.9. The summed E-state index contributed by atoms with van der Waals surface area (Å²) in [5.41, 5.74) is 1.80. The van der Waals surface area contributed by atoms with E-state index in [9.17, 15) is 13.2 Å². The number of aromatic nitrogens is 3. The van der Waals surface area contributed by atoms with Gasteiger partial charge in [0.2, 0.25) is 15.9 Å². The minimum Gasteiger partial charge on any atom is -0.355 e. The Bertz CT molecular complexity index is 1020. The Morgan fingerprint density at radius 3 is 2.50 bits per heavy atom. The number of benzene rings is 2. The molecule has 2 aromatic carbocycles. The van der Waals surface area contributed by atoms with Gasteiger partial charge in [-0.2, -0.15) is 5.10 Å². The van der Waals surface area contributed by atoms with Gasteiger partial charge < -0.3 is 5.32 Å². The average molecular weight is 446 g/mol. The van der Waals surface area contributed by atoms with Gasteiger partial charge in [-0.05, 0) is 29.7 Å². The number of aryl methyl sites for hydroxylation is 1. The van der Waals surface area contributed by atoms with Crippen molar-refractivity contribution in [1.29, 1.82) is 0 Å². The van der Waals surface area contributed by atoms with E-state index in [0.717, 1.165) is 16.3 Å². The van der Waals surface area contributed by atoms with Crippen LogP contribution in [0, 0.1) is 0 Å². The molecule has 0 unspecified atom stereocenters. The van der Waals surface area contributed by atoms with Gasteiger partial charge in [-0.25, -0.2) is 18.1 Å². The van der Waals surface area contributed by atoms with E-state index in [-0.39, 0.29) is 17.3 Å². The molecular formula is C20H23N5O3S2. The predicted molar refractivity (Wildman–Crippen MR) is 115 cm³/mol. The van der Waals surface area contributed by atoms with E-state index in [1.807, 2.05) is 30.3 Å². The van der Waals surface area contributed by atoms with Crippen LogP contribution in [0.5, 0.6) is 0 Å². The highest BCUT2D eigenvalue weighted by atomic mass is 32.2. The standard InChI is InChI=1S/C20H23N5O3S2/c26-19(21-12-13-29-20-22-15-23-25-20)11-8-16-6-9-18(10-7-16)30(27,28)24-14-17-4-2-1-3-5-17/h1-7,9-10,15,24H,8,11-14H2,(H,21,26)(H,22,23,25). The van der Waals surface area contributed by atoms with Crippen LogP contribution in [0.2, 0.25) is 0 Å². The number of nitrogens with zero attached hydrogens (tertiary/aromatic N) is 2. The molecule has 0 atom stereocenters. The molecular weight excluding hydrogens is 422 g/mol. The molecule has 1 amide bonds. The lowest BCUT2D eigenvalue weighted by molar-refractivity contribution is -0.120. The van der Waals surface area contributed by atoms with Crippen molar-refractivity contribution in [3.05, 3.63) is 72.1 Å². The lowest BCUT2D eigenvalue weighted by atomic mass is 10.1. The Morgan fingerprint density at radius 2 is 1.80 bits per heavy atom. The van der Waals surface area contributed by atoms with Crippen molar-refractivity contribution in [3.63, 3.8) is 0 Å². The summed E-state index contributed by atoms with van der Waals surface area (Å²) < 4.78 is 27.4. The summed E-state index contributed by atoms with van der Waals surface area (Å²) in [5, 5.41) is 10.1. The molecule has 0 aliphatic carbocycles. The summed E-state index contributed by atoms with van der Waals surface area (Å²) in [6.45, 7) is 0.772. The zero-order valence-electron chi connectivity index (χ0n) is 16.2. The maximum atomic E-state index is 12.4. The molecule has 0 bridgehead atoms. The summed E-state index contributed by atoms with van der Waals surface area (Å²) in [6.07, 6.45) is 2.32. The number of amides is 1. The van der Waals surface area contributed by atoms with Crippen molar-refractivity contribution in [1.82, 2.24) is 25.2 Å². The summed E-state index contributed by atoms with van der Waals surface area (Å²) in [7, 11) is -3.58. The fraction of sp³-hybridized carbons (Fsp3) is 0.250. The third kappa shape index (κ3) is 6.97. The van der Waals surface area contributed by atoms with Gasteiger partial charge in [-0.1, -0.05) is 54.2 Å². The zero-order chi connectivity index (χ0) is 21.2. The number of sulfonamides is 1. The minimum absolute atomic E-state index is 0.0469. The van der Waals surface area contributed by atoms with E-state index in [1.165, 1.54) is 18.1 Å². The molecule has 3 rings (SSSR count). The summed E-state index contributed by atoms with van der Waals surface area (Å²) in [4.78, 5) is 16.2. The fourth-order valence-electron chi connectivity index (χ4n) is 2.64. The molecule has 1 aromatic heterocycles. The van der Waals surface area contributed by atoms with Gasteiger partial charge in [0.25, 0.3) is 0 Å². The first-order valence-corrected chi connectivity index (χ1v) is 11.9. The highest BCUT2D eigenvalue weighted by Crippen LogP contribution is 2.13. The molecule has 1 heterocycles. The average Bonchev–Trinajstić information content (AvgIpc) is 3.29. The monoisotopic (exact) mass is 445 g/mol. The Balaban J connectivity index is 1.40. The lowest BCUT2D eigenvalue weighted by Crippen LogP contribution is -2.26. The number of rotatable bonds is 11. The molecule has 0 radical (unpaired) electrons. The second kappa shape index (κ2) is 10.9. The van der Waals surface area contributed by atoms with Crippen molar-refractivity contribution in [2.24, 2.45) is 0 Å². The molecule has 8 nitrogen and oxygen atoms in total. The Morgan fingerprint density at radius 1 is 1.03 bits per heavy atom. The number of hydrogen-bond donors (Lipinski definition) is 3. The number of aromatic amines is 1. The van der Waals surface area contributed by atoms with Crippen molar-refractivity contribution >= 4 is 27.7 Å². The second-order valence-corrected chi connectivity index (χ2v) is 9.29. The smallest absolute Gasteiger partial charge is 0.240 e. The van der Waals surface area contributed by atoms with Crippen LogP contribution in [0.3, 0.4) is 0 Å². The number of thioether (sulfide) groups is 1. The van der Waals surface area contributed by atoms with Crippen LogP contribution in [0.4, 0.5) is 0 Å². The van der Waals surface area contributed by atoms with Crippen molar-refractivity contribution in [2.45, 2.75) is 29.4 Å². The second-order valence-electron chi connectivity index (χ2n) is 6.44.